The molecular weight excluding hydrogens is 296 g/mol. The third-order valence-electron chi connectivity index (χ3n) is 2.56. The number of aliphatic hydroxyl groups is 1. The van der Waals surface area contributed by atoms with Crippen LogP contribution >= 0.6 is 22.9 Å². The van der Waals surface area contributed by atoms with Crippen LogP contribution in [0.25, 0.3) is 0 Å². The van der Waals surface area contributed by atoms with E-state index in [1.165, 1.54) is 11.3 Å². The number of thiophene rings is 1. The van der Waals surface area contributed by atoms with Gasteiger partial charge in [0, 0.05) is 18.8 Å². The van der Waals surface area contributed by atoms with Gasteiger partial charge in [0.15, 0.2) is 0 Å². The van der Waals surface area contributed by atoms with Crippen molar-refractivity contribution in [1.82, 2.24) is 5.32 Å². The summed E-state index contributed by atoms with van der Waals surface area (Å²) in [5.41, 5.74) is 0.902. The van der Waals surface area contributed by atoms with Crippen LogP contribution in [0.3, 0.4) is 0 Å². The third-order valence-corrected chi connectivity index (χ3v) is 3.79. The third kappa shape index (κ3) is 4.52. The fraction of sp³-hybridized carbons (Fsp3) is 0.214. The van der Waals surface area contributed by atoms with Gasteiger partial charge in [0.1, 0.15) is 0 Å². The molecule has 1 heterocycles. The summed E-state index contributed by atoms with van der Waals surface area (Å²) >= 11 is 6.97. The first kappa shape index (κ1) is 14.8. The molecule has 1 atom stereocenters. The Labute approximate surface area is 126 Å². The normalized spacial score (nSPS) is 11.9. The number of nitrogens with one attached hydrogen (secondary N) is 2. The minimum absolute atomic E-state index is 0.181. The summed E-state index contributed by atoms with van der Waals surface area (Å²) in [4.78, 5) is 12.3. The lowest BCUT2D eigenvalue weighted by atomic mass is 10.3. The summed E-state index contributed by atoms with van der Waals surface area (Å²) in [5, 5.41) is 15.5. The van der Waals surface area contributed by atoms with Crippen LogP contribution in [0.4, 0.5) is 5.69 Å². The zero-order valence-corrected chi connectivity index (χ0v) is 12.2. The van der Waals surface area contributed by atoms with Crippen LogP contribution < -0.4 is 10.6 Å². The number of hydrogen-bond donors (Lipinski definition) is 3. The van der Waals surface area contributed by atoms with E-state index in [4.69, 9.17) is 11.6 Å². The second-order valence-electron chi connectivity index (χ2n) is 4.14. The Bertz CT molecular complexity index is 559. The Morgan fingerprint density at radius 1 is 1.30 bits per heavy atom. The number of halogens is 1. The molecular formula is C14H14ClN2O2S. The molecule has 3 N–H and O–H groups in total. The van der Waals surface area contributed by atoms with Gasteiger partial charge in [0.2, 0.25) is 0 Å². The van der Waals surface area contributed by atoms with Crippen molar-refractivity contribution < 1.29 is 9.90 Å². The van der Waals surface area contributed by atoms with Crippen molar-refractivity contribution in [2.24, 2.45) is 0 Å². The fourth-order valence-corrected chi connectivity index (χ4v) is 2.51. The number of amides is 1. The molecule has 4 nitrogen and oxygen atoms in total. The first-order chi connectivity index (χ1) is 9.65. The van der Waals surface area contributed by atoms with Crippen molar-refractivity contribution in [3.8, 4) is 0 Å². The highest BCUT2D eigenvalue weighted by atomic mass is 35.5. The summed E-state index contributed by atoms with van der Waals surface area (Å²) in [7, 11) is 0. The summed E-state index contributed by atoms with van der Waals surface area (Å²) in [5.74, 6) is -0.227. The molecule has 1 aromatic carbocycles. The molecule has 0 aliphatic rings. The number of carbonyl (C=O) groups is 1. The zero-order chi connectivity index (χ0) is 14.4. The topological polar surface area (TPSA) is 61.4 Å². The quantitative estimate of drug-likeness (QED) is 0.768. The second-order valence-corrected chi connectivity index (χ2v) is 5.85. The van der Waals surface area contributed by atoms with Crippen LogP contribution in [0.2, 0.25) is 4.34 Å². The number of benzene rings is 1. The van der Waals surface area contributed by atoms with Crippen LogP contribution in [0.15, 0.2) is 36.4 Å². The predicted octanol–water partition coefficient (Wildman–Crippen LogP) is 2.40. The molecule has 1 radical (unpaired) electrons. The largest absolute Gasteiger partial charge is 0.389 e. The minimum Gasteiger partial charge on any atom is -0.389 e. The highest BCUT2D eigenvalue weighted by Crippen LogP contribution is 2.20. The van der Waals surface area contributed by atoms with E-state index in [-0.39, 0.29) is 12.5 Å². The molecule has 0 aliphatic carbocycles. The first-order valence-electron chi connectivity index (χ1n) is 6.07. The highest BCUT2D eigenvalue weighted by Gasteiger charge is 2.10. The molecule has 0 spiro atoms. The van der Waals surface area contributed by atoms with Crippen molar-refractivity contribution >= 4 is 34.5 Å². The molecule has 0 saturated heterocycles. The lowest BCUT2D eigenvalue weighted by Crippen LogP contribution is -2.35. The molecule has 0 saturated carbocycles. The molecule has 0 bridgehead atoms. The van der Waals surface area contributed by atoms with E-state index in [0.29, 0.717) is 15.8 Å². The summed E-state index contributed by atoms with van der Waals surface area (Å²) in [6.07, 6.45) is -0.668. The Kier molecular flexibility index (Phi) is 5.40. The molecule has 6 heteroatoms. The molecule has 1 amide bonds. The second kappa shape index (κ2) is 7.28. The van der Waals surface area contributed by atoms with Crippen molar-refractivity contribution in [1.29, 1.82) is 0 Å². The smallest absolute Gasteiger partial charge is 0.261 e. The molecule has 1 aromatic heterocycles. The lowest BCUT2D eigenvalue weighted by Gasteiger charge is -2.13. The molecule has 0 fully saturated rings. The number of rotatable bonds is 6. The summed E-state index contributed by atoms with van der Waals surface area (Å²) in [6, 6.07) is 13.5. The van der Waals surface area contributed by atoms with Gasteiger partial charge in [-0.15, -0.1) is 11.3 Å². The van der Waals surface area contributed by atoms with Gasteiger partial charge in [-0.2, -0.15) is 0 Å². The van der Waals surface area contributed by atoms with Crippen molar-refractivity contribution in [2.45, 2.75) is 6.10 Å². The monoisotopic (exact) mass is 309 g/mol. The summed E-state index contributed by atoms with van der Waals surface area (Å²) < 4.78 is 0.568. The van der Waals surface area contributed by atoms with Gasteiger partial charge >= 0.3 is 0 Å². The molecule has 2 aromatic rings. The van der Waals surface area contributed by atoms with Crippen molar-refractivity contribution in [3.63, 3.8) is 0 Å². The number of carbonyl (C=O) groups excluding carboxylic acids is 1. The Hall–Kier alpha value is -1.56. The van der Waals surface area contributed by atoms with Crippen LogP contribution in [-0.4, -0.2) is 30.2 Å². The van der Waals surface area contributed by atoms with E-state index in [9.17, 15) is 9.90 Å². The zero-order valence-electron chi connectivity index (χ0n) is 10.6. The van der Waals surface area contributed by atoms with E-state index in [2.05, 4.69) is 16.7 Å². The van der Waals surface area contributed by atoms with Crippen molar-refractivity contribution in [3.05, 3.63) is 51.7 Å². The van der Waals surface area contributed by atoms with Gasteiger partial charge in [-0.25, -0.2) is 0 Å². The van der Waals surface area contributed by atoms with Crippen LogP contribution in [0.5, 0.6) is 0 Å². The van der Waals surface area contributed by atoms with Crippen LogP contribution in [-0.2, 0) is 0 Å². The Balaban J connectivity index is 1.72. The Morgan fingerprint density at radius 3 is 2.70 bits per heavy atom. The van der Waals surface area contributed by atoms with E-state index < -0.39 is 6.10 Å². The Morgan fingerprint density at radius 2 is 2.05 bits per heavy atom. The predicted molar refractivity (Wildman–Crippen MR) is 81.4 cm³/mol. The minimum atomic E-state index is -0.668. The van der Waals surface area contributed by atoms with Gasteiger partial charge in [-0.05, 0) is 30.3 Å². The van der Waals surface area contributed by atoms with Gasteiger partial charge in [-0.3, -0.25) is 4.79 Å². The average Bonchev–Trinajstić information content (AvgIpc) is 2.90. The summed E-state index contributed by atoms with van der Waals surface area (Å²) in [6.45, 7) is 0.538. The average molecular weight is 310 g/mol. The molecule has 1 unspecified atom stereocenters. The number of aliphatic hydroxyl groups excluding tert-OH is 1. The van der Waals surface area contributed by atoms with Gasteiger partial charge in [0.05, 0.1) is 15.3 Å². The molecule has 2 rings (SSSR count). The van der Waals surface area contributed by atoms with Crippen LogP contribution in [0, 0.1) is 6.07 Å². The van der Waals surface area contributed by atoms with Crippen LogP contribution in [0.1, 0.15) is 9.67 Å². The molecule has 20 heavy (non-hydrogen) atoms. The maximum atomic E-state index is 11.7. The fourth-order valence-electron chi connectivity index (χ4n) is 1.55. The van der Waals surface area contributed by atoms with E-state index in [1.807, 2.05) is 12.1 Å². The highest BCUT2D eigenvalue weighted by molar-refractivity contribution is 7.17. The maximum absolute atomic E-state index is 11.7. The van der Waals surface area contributed by atoms with Crippen molar-refractivity contribution in [2.75, 3.05) is 18.4 Å². The SMILES string of the molecule is O=C(NCC(O)CNc1cc[c]cc1)c1ccc(Cl)s1. The maximum Gasteiger partial charge on any atom is 0.261 e. The van der Waals surface area contributed by atoms with E-state index in [1.54, 1.807) is 24.3 Å². The molecule has 105 valence electrons. The number of anilines is 1. The van der Waals surface area contributed by atoms with Gasteiger partial charge < -0.3 is 15.7 Å². The van der Waals surface area contributed by atoms with Gasteiger partial charge in [-0.1, -0.05) is 23.7 Å². The molecule has 0 aliphatic heterocycles. The van der Waals surface area contributed by atoms with E-state index in [0.717, 1.165) is 5.69 Å². The standard InChI is InChI=1S/C14H14ClN2O2S/c15-13-7-6-12(20-13)14(19)17-9-11(18)8-16-10-4-2-1-3-5-10/h2-7,11,16,18H,8-9H2,(H,17,19). The van der Waals surface area contributed by atoms with E-state index >= 15 is 0 Å². The number of hydrogen-bond acceptors (Lipinski definition) is 4. The lowest BCUT2D eigenvalue weighted by molar-refractivity contribution is 0.0926. The van der Waals surface area contributed by atoms with Gasteiger partial charge in [0.25, 0.3) is 5.91 Å². The first-order valence-corrected chi connectivity index (χ1v) is 7.26.